The summed E-state index contributed by atoms with van der Waals surface area (Å²) in [5.41, 5.74) is 1.25. The van der Waals surface area contributed by atoms with E-state index in [0.29, 0.717) is 32.2 Å². The molecule has 0 saturated heterocycles. The maximum atomic E-state index is 13.1. The summed E-state index contributed by atoms with van der Waals surface area (Å²) in [6.07, 6.45) is 3.79. The number of nitrogens with one attached hydrogen (secondary N) is 2. The Hall–Kier alpha value is -2.68. The number of amides is 2. The maximum absolute atomic E-state index is 13.1. The average molecular weight is 510 g/mol. The Morgan fingerprint density at radius 1 is 1.23 bits per heavy atom. The predicted molar refractivity (Wildman–Crippen MR) is 119 cm³/mol. The standard InChI is InChI=1S/C20H15BrCl2N4O3/c1-11-7-13(22)9-14(19(29)25-5-6-28)17(11)26-20(30)16-8-12(21)10-27(16)18-15(23)3-2-4-24-18/h2-4,6-10H,5H2,1H3,(H,25,29)(H,26,30). The van der Waals surface area contributed by atoms with Crippen LogP contribution in [-0.4, -0.2) is 34.2 Å². The van der Waals surface area contributed by atoms with Gasteiger partial charge in [-0.1, -0.05) is 23.2 Å². The minimum Gasteiger partial charge on any atom is -0.345 e. The number of carbonyl (C=O) groups excluding carboxylic acids is 3. The molecular formula is C20H15BrCl2N4O3. The Kier molecular flexibility index (Phi) is 6.91. The van der Waals surface area contributed by atoms with Crippen LogP contribution in [0.2, 0.25) is 10.0 Å². The number of hydrogen-bond donors (Lipinski definition) is 2. The van der Waals surface area contributed by atoms with Gasteiger partial charge in [-0.05, 0) is 58.7 Å². The van der Waals surface area contributed by atoms with Gasteiger partial charge in [0.15, 0.2) is 5.82 Å². The van der Waals surface area contributed by atoms with Gasteiger partial charge in [0.05, 0.1) is 22.8 Å². The average Bonchev–Trinajstić information content (AvgIpc) is 3.09. The van der Waals surface area contributed by atoms with Gasteiger partial charge in [-0.2, -0.15) is 0 Å². The van der Waals surface area contributed by atoms with Gasteiger partial charge in [0, 0.05) is 21.9 Å². The maximum Gasteiger partial charge on any atom is 0.272 e. The summed E-state index contributed by atoms with van der Waals surface area (Å²) in [5, 5.41) is 5.91. The summed E-state index contributed by atoms with van der Waals surface area (Å²) in [5.74, 6) is -0.642. The largest absolute Gasteiger partial charge is 0.345 e. The third-order valence-corrected chi connectivity index (χ3v) is 5.06. The number of anilines is 1. The summed E-state index contributed by atoms with van der Waals surface area (Å²) in [6, 6.07) is 8.01. The zero-order valence-electron chi connectivity index (χ0n) is 15.6. The highest BCUT2D eigenvalue weighted by atomic mass is 79.9. The number of halogens is 3. The molecule has 0 aliphatic heterocycles. The Morgan fingerprint density at radius 3 is 2.70 bits per heavy atom. The summed E-state index contributed by atoms with van der Waals surface area (Å²) < 4.78 is 2.19. The first-order chi connectivity index (χ1) is 14.3. The topological polar surface area (TPSA) is 93.1 Å². The molecule has 2 aromatic heterocycles. The fourth-order valence-corrected chi connectivity index (χ4v) is 3.74. The first-order valence-corrected chi connectivity index (χ1v) is 10.2. The highest BCUT2D eigenvalue weighted by molar-refractivity contribution is 9.10. The lowest BCUT2D eigenvalue weighted by atomic mass is 10.1. The van der Waals surface area contributed by atoms with Crippen molar-refractivity contribution in [2.24, 2.45) is 0 Å². The van der Waals surface area contributed by atoms with E-state index in [9.17, 15) is 14.4 Å². The van der Waals surface area contributed by atoms with Crippen molar-refractivity contribution in [3.05, 3.63) is 74.1 Å². The number of rotatable bonds is 6. The molecule has 0 bridgehead atoms. The molecule has 10 heteroatoms. The van der Waals surface area contributed by atoms with E-state index < -0.39 is 11.8 Å². The van der Waals surface area contributed by atoms with Crippen molar-refractivity contribution in [3.63, 3.8) is 0 Å². The van der Waals surface area contributed by atoms with Crippen molar-refractivity contribution in [3.8, 4) is 5.82 Å². The smallest absolute Gasteiger partial charge is 0.272 e. The van der Waals surface area contributed by atoms with E-state index in [1.54, 1.807) is 48.1 Å². The molecule has 3 rings (SSSR count). The van der Waals surface area contributed by atoms with Gasteiger partial charge in [-0.3, -0.25) is 14.2 Å². The minimum absolute atomic E-state index is 0.142. The number of pyridine rings is 1. The fraction of sp³-hybridized carbons (Fsp3) is 0.100. The Morgan fingerprint density at radius 2 is 2.00 bits per heavy atom. The first-order valence-electron chi connectivity index (χ1n) is 8.64. The fourth-order valence-electron chi connectivity index (χ4n) is 2.83. The molecular weight excluding hydrogens is 495 g/mol. The Bertz CT molecular complexity index is 1150. The molecule has 0 aliphatic carbocycles. The summed E-state index contributed by atoms with van der Waals surface area (Å²) in [4.78, 5) is 40.4. The SMILES string of the molecule is Cc1cc(Cl)cc(C(=O)NCC=O)c1NC(=O)c1cc(Br)cn1-c1ncccc1Cl. The van der Waals surface area contributed by atoms with E-state index >= 15 is 0 Å². The molecule has 2 heterocycles. The lowest BCUT2D eigenvalue weighted by molar-refractivity contribution is -0.107. The second kappa shape index (κ2) is 9.42. The highest BCUT2D eigenvalue weighted by Gasteiger charge is 2.21. The molecule has 0 saturated carbocycles. The molecule has 0 unspecified atom stereocenters. The van der Waals surface area contributed by atoms with Crippen molar-refractivity contribution < 1.29 is 14.4 Å². The zero-order valence-corrected chi connectivity index (χ0v) is 18.7. The molecule has 2 amide bonds. The van der Waals surface area contributed by atoms with Crippen LogP contribution in [0.4, 0.5) is 5.69 Å². The van der Waals surface area contributed by atoms with Gasteiger partial charge in [0.2, 0.25) is 0 Å². The van der Waals surface area contributed by atoms with Gasteiger partial charge in [-0.15, -0.1) is 0 Å². The first kappa shape index (κ1) is 22.0. The second-order valence-corrected chi connectivity index (χ2v) is 7.96. The number of aryl methyl sites for hydroxylation is 1. The monoisotopic (exact) mass is 508 g/mol. The molecule has 2 N–H and O–H groups in total. The Labute approximate surface area is 190 Å². The number of hydrogen-bond acceptors (Lipinski definition) is 4. The number of aldehydes is 1. The normalized spacial score (nSPS) is 10.5. The summed E-state index contributed by atoms with van der Waals surface area (Å²) in [6.45, 7) is 1.55. The Balaban J connectivity index is 2.01. The minimum atomic E-state index is -0.535. The second-order valence-electron chi connectivity index (χ2n) is 6.20. The van der Waals surface area contributed by atoms with E-state index in [1.807, 2.05) is 0 Å². The van der Waals surface area contributed by atoms with Crippen LogP contribution in [0, 0.1) is 6.92 Å². The molecule has 0 fully saturated rings. The molecule has 0 radical (unpaired) electrons. The molecule has 0 atom stereocenters. The van der Waals surface area contributed by atoms with Crippen LogP contribution in [0.3, 0.4) is 0 Å². The number of nitrogens with zero attached hydrogens (tertiary/aromatic N) is 2. The molecule has 1 aromatic carbocycles. The number of benzene rings is 1. The van der Waals surface area contributed by atoms with Crippen LogP contribution in [0.15, 0.2) is 47.2 Å². The van der Waals surface area contributed by atoms with Crippen molar-refractivity contribution in [1.82, 2.24) is 14.9 Å². The lowest BCUT2D eigenvalue weighted by Crippen LogP contribution is -2.27. The van der Waals surface area contributed by atoms with E-state index in [1.165, 1.54) is 6.07 Å². The third kappa shape index (κ3) is 4.72. The van der Waals surface area contributed by atoms with Crippen LogP contribution in [-0.2, 0) is 4.79 Å². The van der Waals surface area contributed by atoms with Crippen molar-refractivity contribution in [2.45, 2.75) is 6.92 Å². The van der Waals surface area contributed by atoms with E-state index in [4.69, 9.17) is 23.2 Å². The summed E-state index contributed by atoms with van der Waals surface area (Å²) in [7, 11) is 0. The third-order valence-electron chi connectivity index (χ3n) is 4.12. The number of carbonyl (C=O) groups is 3. The van der Waals surface area contributed by atoms with Crippen molar-refractivity contribution in [1.29, 1.82) is 0 Å². The summed E-state index contributed by atoms with van der Waals surface area (Å²) >= 11 is 15.7. The van der Waals surface area contributed by atoms with Gasteiger partial charge in [0.25, 0.3) is 11.8 Å². The van der Waals surface area contributed by atoms with Crippen LogP contribution < -0.4 is 10.6 Å². The van der Waals surface area contributed by atoms with Crippen molar-refractivity contribution in [2.75, 3.05) is 11.9 Å². The highest BCUT2D eigenvalue weighted by Crippen LogP contribution is 2.28. The molecule has 0 aliphatic rings. The van der Waals surface area contributed by atoms with Crippen LogP contribution in [0.5, 0.6) is 0 Å². The van der Waals surface area contributed by atoms with Gasteiger partial charge >= 0.3 is 0 Å². The van der Waals surface area contributed by atoms with Crippen molar-refractivity contribution >= 4 is 62.9 Å². The molecule has 0 spiro atoms. The predicted octanol–water partition coefficient (Wildman–Crippen LogP) is 4.43. The number of aromatic nitrogens is 2. The van der Waals surface area contributed by atoms with Crippen LogP contribution >= 0.6 is 39.1 Å². The zero-order chi connectivity index (χ0) is 21.8. The molecule has 154 valence electrons. The van der Waals surface area contributed by atoms with Gasteiger partial charge in [-0.25, -0.2) is 4.98 Å². The quantitative estimate of drug-likeness (QED) is 0.480. The lowest BCUT2D eigenvalue weighted by Gasteiger charge is -2.15. The van der Waals surface area contributed by atoms with E-state index in [-0.39, 0.29) is 23.5 Å². The molecule has 7 nitrogen and oxygen atoms in total. The van der Waals surface area contributed by atoms with E-state index in [2.05, 4.69) is 31.5 Å². The van der Waals surface area contributed by atoms with E-state index in [0.717, 1.165) is 0 Å². The van der Waals surface area contributed by atoms with Crippen LogP contribution in [0.25, 0.3) is 5.82 Å². The van der Waals surface area contributed by atoms with Gasteiger partial charge < -0.3 is 15.4 Å². The molecule has 3 aromatic rings. The van der Waals surface area contributed by atoms with Gasteiger partial charge in [0.1, 0.15) is 12.0 Å². The van der Waals surface area contributed by atoms with Crippen LogP contribution in [0.1, 0.15) is 26.4 Å². The molecule has 30 heavy (non-hydrogen) atoms.